The van der Waals surface area contributed by atoms with Crippen LogP contribution in [0.2, 0.25) is 0 Å². The first-order valence-electron chi connectivity index (χ1n) is 6.42. The van der Waals surface area contributed by atoms with Crippen molar-refractivity contribution in [1.82, 2.24) is 4.98 Å². The summed E-state index contributed by atoms with van der Waals surface area (Å²) in [5.74, 6) is -4.08. The number of nitrogens with zero attached hydrogens (tertiary/aromatic N) is 1. The largest absolute Gasteiger partial charge is 0.478 e. The summed E-state index contributed by atoms with van der Waals surface area (Å²) in [5.41, 5.74) is 0.963. The van der Waals surface area contributed by atoms with Crippen molar-refractivity contribution in [3.05, 3.63) is 58.9 Å². The zero-order valence-electron chi connectivity index (χ0n) is 11.4. The lowest BCUT2D eigenvalue weighted by molar-refractivity contribution is 0.0690. The van der Waals surface area contributed by atoms with Crippen molar-refractivity contribution >= 4 is 11.7 Å². The van der Waals surface area contributed by atoms with Gasteiger partial charge in [0.2, 0.25) is 0 Å². The van der Waals surface area contributed by atoms with Gasteiger partial charge in [0.25, 0.3) is 0 Å². The Morgan fingerprint density at radius 1 is 1.29 bits per heavy atom. The van der Waals surface area contributed by atoms with E-state index in [0.29, 0.717) is 0 Å². The number of carboxylic acids is 1. The summed E-state index contributed by atoms with van der Waals surface area (Å²) in [6.45, 7) is 2.20. The van der Waals surface area contributed by atoms with E-state index in [9.17, 15) is 13.6 Å². The van der Waals surface area contributed by atoms with Gasteiger partial charge in [-0.15, -0.1) is 0 Å². The van der Waals surface area contributed by atoms with Crippen molar-refractivity contribution in [2.45, 2.75) is 19.9 Å². The van der Waals surface area contributed by atoms with Gasteiger partial charge in [0.1, 0.15) is 0 Å². The Morgan fingerprint density at radius 2 is 2.05 bits per heavy atom. The number of benzene rings is 1. The summed E-state index contributed by atoms with van der Waals surface area (Å²) in [7, 11) is 0. The van der Waals surface area contributed by atoms with Crippen LogP contribution in [0.1, 0.15) is 28.5 Å². The minimum absolute atomic E-state index is 0.0924. The Hall–Kier alpha value is -2.50. The number of carboxylic acid groups (broad SMARTS) is 1. The molecule has 21 heavy (non-hydrogen) atoms. The van der Waals surface area contributed by atoms with Gasteiger partial charge >= 0.3 is 5.97 Å². The molecule has 2 N–H and O–H groups in total. The molecule has 2 rings (SSSR count). The van der Waals surface area contributed by atoms with Crippen LogP contribution in [-0.2, 0) is 13.0 Å². The Kier molecular flexibility index (Phi) is 4.47. The average Bonchev–Trinajstić information content (AvgIpc) is 2.48. The van der Waals surface area contributed by atoms with Crippen LogP contribution in [0.3, 0.4) is 0 Å². The second kappa shape index (κ2) is 6.30. The van der Waals surface area contributed by atoms with Crippen LogP contribution in [-0.4, -0.2) is 16.1 Å². The Bertz CT molecular complexity index is 675. The molecule has 2 aromatic rings. The van der Waals surface area contributed by atoms with Crippen LogP contribution in [0.15, 0.2) is 30.5 Å². The zero-order chi connectivity index (χ0) is 15.4. The van der Waals surface area contributed by atoms with Crippen molar-refractivity contribution in [1.29, 1.82) is 0 Å². The Balaban J connectivity index is 2.21. The number of aryl methyl sites for hydroxylation is 1. The van der Waals surface area contributed by atoms with E-state index in [1.807, 2.05) is 19.1 Å². The minimum atomic E-state index is -1.50. The number of halogens is 2. The predicted octanol–water partition coefficient (Wildman–Crippen LogP) is 3.23. The lowest BCUT2D eigenvalue weighted by atomic mass is 10.1. The Labute approximate surface area is 120 Å². The highest BCUT2D eigenvalue weighted by molar-refractivity contribution is 5.88. The van der Waals surface area contributed by atoms with Gasteiger partial charge in [-0.05, 0) is 30.2 Å². The third-order valence-electron chi connectivity index (χ3n) is 3.12. The van der Waals surface area contributed by atoms with Crippen LogP contribution in [0, 0.1) is 11.6 Å². The fourth-order valence-electron chi connectivity index (χ4n) is 1.98. The predicted molar refractivity (Wildman–Crippen MR) is 74.3 cm³/mol. The third-order valence-corrected chi connectivity index (χ3v) is 3.12. The molecule has 1 aromatic heterocycles. The number of aromatic nitrogens is 1. The SMILES string of the molecule is CCc1cccnc1CNc1ccc(C(=O)O)c(F)c1F. The maximum Gasteiger partial charge on any atom is 0.338 e. The van der Waals surface area contributed by atoms with E-state index >= 15 is 0 Å². The van der Waals surface area contributed by atoms with E-state index in [1.165, 1.54) is 6.07 Å². The molecule has 0 saturated heterocycles. The average molecular weight is 292 g/mol. The summed E-state index contributed by atoms with van der Waals surface area (Å²) in [5, 5.41) is 11.5. The van der Waals surface area contributed by atoms with Gasteiger partial charge in [-0.2, -0.15) is 0 Å². The smallest absolute Gasteiger partial charge is 0.338 e. The molecule has 0 radical (unpaired) electrons. The number of hydrogen-bond donors (Lipinski definition) is 2. The molecule has 0 amide bonds. The first-order valence-corrected chi connectivity index (χ1v) is 6.42. The van der Waals surface area contributed by atoms with E-state index in [0.717, 1.165) is 23.7 Å². The summed E-state index contributed by atoms with van der Waals surface area (Å²) < 4.78 is 27.4. The molecule has 1 heterocycles. The van der Waals surface area contributed by atoms with Crippen molar-refractivity contribution in [3.63, 3.8) is 0 Å². The molecular formula is C15H14F2N2O2. The molecule has 4 nitrogen and oxygen atoms in total. The van der Waals surface area contributed by atoms with Crippen molar-refractivity contribution in [2.24, 2.45) is 0 Å². The van der Waals surface area contributed by atoms with Gasteiger partial charge in [0, 0.05) is 6.20 Å². The molecule has 0 spiro atoms. The fraction of sp³-hybridized carbons (Fsp3) is 0.200. The van der Waals surface area contributed by atoms with Crippen LogP contribution in [0.4, 0.5) is 14.5 Å². The summed E-state index contributed by atoms with van der Waals surface area (Å²) in [6.07, 6.45) is 2.40. The molecule has 0 aliphatic carbocycles. The van der Waals surface area contributed by atoms with Gasteiger partial charge in [0.15, 0.2) is 11.6 Å². The van der Waals surface area contributed by atoms with Crippen molar-refractivity contribution in [2.75, 3.05) is 5.32 Å². The fourth-order valence-corrected chi connectivity index (χ4v) is 1.98. The van der Waals surface area contributed by atoms with Crippen LogP contribution >= 0.6 is 0 Å². The van der Waals surface area contributed by atoms with Gasteiger partial charge in [-0.25, -0.2) is 13.6 Å². The van der Waals surface area contributed by atoms with E-state index < -0.39 is 23.2 Å². The quantitative estimate of drug-likeness (QED) is 0.888. The normalized spacial score (nSPS) is 10.4. The van der Waals surface area contributed by atoms with Gasteiger partial charge < -0.3 is 10.4 Å². The molecular weight excluding hydrogens is 278 g/mol. The lowest BCUT2D eigenvalue weighted by Crippen LogP contribution is -2.09. The molecule has 0 aliphatic heterocycles. The molecule has 0 saturated carbocycles. The first kappa shape index (κ1) is 14.9. The van der Waals surface area contributed by atoms with Crippen LogP contribution < -0.4 is 5.32 Å². The van der Waals surface area contributed by atoms with Gasteiger partial charge in [0.05, 0.1) is 23.5 Å². The second-order valence-electron chi connectivity index (χ2n) is 4.41. The van der Waals surface area contributed by atoms with E-state index in [-0.39, 0.29) is 12.2 Å². The van der Waals surface area contributed by atoms with E-state index in [4.69, 9.17) is 5.11 Å². The van der Waals surface area contributed by atoms with E-state index in [2.05, 4.69) is 10.3 Å². The molecule has 110 valence electrons. The van der Waals surface area contributed by atoms with Crippen LogP contribution in [0.25, 0.3) is 0 Å². The van der Waals surface area contributed by atoms with E-state index in [1.54, 1.807) is 6.20 Å². The van der Waals surface area contributed by atoms with Crippen molar-refractivity contribution in [3.8, 4) is 0 Å². The van der Waals surface area contributed by atoms with Gasteiger partial charge in [-0.1, -0.05) is 13.0 Å². The zero-order valence-corrected chi connectivity index (χ0v) is 11.4. The number of rotatable bonds is 5. The summed E-state index contributed by atoms with van der Waals surface area (Å²) >= 11 is 0. The number of nitrogens with one attached hydrogen (secondary N) is 1. The number of aromatic carboxylic acids is 1. The molecule has 0 fully saturated rings. The molecule has 0 aliphatic rings. The first-order chi connectivity index (χ1) is 10.0. The Morgan fingerprint density at radius 3 is 2.71 bits per heavy atom. The molecule has 0 atom stereocenters. The molecule has 1 aromatic carbocycles. The highest BCUT2D eigenvalue weighted by Gasteiger charge is 2.17. The monoisotopic (exact) mass is 292 g/mol. The highest BCUT2D eigenvalue weighted by atomic mass is 19.2. The maximum absolute atomic E-state index is 13.8. The molecule has 0 bridgehead atoms. The van der Waals surface area contributed by atoms with Gasteiger partial charge in [-0.3, -0.25) is 4.98 Å². The topological polar surface area (TPSA) is 62.2 Å². The standard InChI is InChI=1S/C15H14F2N2O2/c1-2-9-4-3-7-18-12(9)8-19-11-6-5-10(15(20)21)13(16)14(11)17/h3-7,19H,2,8H2,1H3,(H,20,21). The number of hydrogen-bond acceptors (Lipinski definition) is 3. The summed E-state index contributed by atoms with van der Waals surface area (Å²) in [4.78, 5) is 14.9. The van der Waals surface area contributed by atoms with Crippen molar-refractivity contribution < 1.29 is 18.7 Å². The minimum Gasteiger partial charge on any atom is -0.478 e. The maximum atomic E-state index is 13.8. The third kappa shape index (κ3) is 3.16. The number of carbonyl (C=O) groups is 1. The second-order valence-corrected chi connectivity index (χ2v) is 4.41. The number of pyridine rings is 1. The molecule has 6 heteroatoms. The highest BCUT2D eigenvalue weighted by Crippen LogP contribution is 2.21. The van der Waals surface area contributed by atoms with Crippen LogP contribution in [0.5, 0.6) is 0 Å². The molecule has 0 unspecified atom stereocenters. The number of anilines is 1. The lowest BCUT2D eigenvalue weighted by Gasteiger charge is -2.11. The summed E-state index contributed by atoms with van der Waals surface area (Å²) in [6, 6.07) is 5.96.